The molecule has 236 valence electrons. The molecule has 4 heteroatoms. The van der Waals surface area contributed by atoms with Crippen molar-refractivity contribution in [1.82, 2.24) is 10.6 Å². The van der Waals surface area contributed by atoms with Gasteiger partial charge < -0.3 is 10.6 Å². The van der Waals surface area contributed by atoms with E-state index in [4.69, 9.17) is 0 Å². The fourth-order valence-electron chi connectivity index (χ4n) is 10.8. The summed E-state index contributed by atoms with van der Waals surface area (Å²) in [7, 11) is 0. The first-order valence-corrected chi connectivity index (χ1v) is 17.5. The van der Waals surface area contributed by atoms with Crippen LogP contribution in [0.3, 0.4) is 0 Å². The molecule has 1 aromatic carbocycles. The van der Waals surface area contributed by atoms with E-state index in [1.807, 2.05) is 0 Å². The first-order valence-electron chi connectivity index (χ1n) is 17.5. The number of nitrogens with one attached hydrogen (secondary N) is 2. The normalized spacial score (nSPS) is 41.1. The van der Waals surface area contributed by atoms with Crippen LogP contribution in [0.2, 0.25) is 0 Å². The van der Waals surface area contributed by atoms with E-state index in [-0.39, 0.29) is 39.7 Å². The Hall–Kier alpha value is -2.10. The van der Waals surface area contributed by atoms with Crippen molar-refractivity contribution in [3.8, 4) is 0 Å². The van der Waals surface area contributed by atoms with Crippen molar-refractivity contribution in [1.29, 1.82) is 0 Å². The average molecular weight is 587 g/mol. The fraction of sp³-hybridized carbons (Fsp3) is 0.744. The number of carbonyl (C=O) groups is 2. The summed E-state index contributed by atoms with van der Waals surface area (Å²) in [6.07, 6.45) is 15.0. The van der Waals surface area contributed by atoms with Crippen molar-refractivity contribution in [3.63, 3.8) is 0 Å². The summed E-state index contributed by atoms with van der Waals surface area (Å²) in [5, 5.41) is 7.10. The van der Waals surface area contributed by atoms with Crippen molar-refractivity contribution < 1.29 is 9.59 Å². The molecule has 2 unspecified atom stereocenters. The third kappa shape index (κ3) is 5.21. The lowest BCUT2D eigenvalue weighted by Crippen LogP contribution is -2.60. The van der Waals surface area contributed by atoms with Crippen LogP contribution in [0.1, 0.15) is 131 Å². The lowest BCUT2D eigenvalue weighted by molar-refractivity contribution is -0.136. The number of rotatable bonds is 3. The molecule has 1 heterocycles. The molecule has 6 rings (SSSR count). The monoisotopic (exact) mass is 586 g/mol. The van der Waals surface area contributed by atoms with Gasteiger partial charge in [0.2, 0.25) is 11.8 Å². The Bertz CT molecular complexity index is 1260. The molecule has 0 bridgehead atoms. The molecular formula is C39H58N2O2. The highest BCUT2D eigenvalue weighted by molar-refractivity contribution is 5.89. The van der Waals surface area contributed by atoms with Crippen molar-refractivity contribution in [2.45, 2.75) is 137 Å². The van der Waals surface area contributed by atoms with E-state index < -0.39 is 0 Å². The van der Waals surface area contributed by atoms with Crippen LogP contribution in [-0.4, -0.2) is 17.9 Å². The molecule has 4 fully saturated rings. The highest BCUT2D eigenvalue weighted by Gasteiger charge is 2.61. The summed E-state index contributed by atoms with van der Waals surface area (Å²) in [6, 6.07) is 9.48. The van der Waals surface area contributed by atoms with Gasteiger partial charge in [0.15, 0.2) is 0 Å². The van der Waals surface area contributed by atoms with E-state index in [0.717, 1.165) is 57.8 Å². The molecule has 7 atom stereocenters. The Morgan fingerprint density at radius 2 is 1.51 bits per heavy atom. The molecular weight excluding hydrogens is 528 g/mol. The van der Waals surface area contributed by atoms with Crippen molar-refractivity contribution >= 4 is 11.8 Å². The Morgan fingerprint density at radius 1 is 0.837 bits per heavy atom. The van der Waals surface area contributed by atoms with Crippen LogP contribution in [0.25, 0.3) is 0 Å². The van der Waals surface area contributed by atoms with Crippen molar-refractivity contribution in [2.24, 2.45) is 45.8 Å². The smallest absolute Gasteiger partial charge is 0.243 e. The summed E-state index contributed by atoms with van der Waals surface area (Å²) < 4.78 is 0. The van der Waals surface area contributed by atoms with Gasteiger partial charge in [0.05, 0.1) is 5.54 Å². The van der Waals surface area contributed by atoms with Crippen LogP contribution < -0.4 is 10.6 Å². The van der Waals surface area contributed by atoms with Gasteiger partial charge >= 0.3 is 0 Å². The zero-order chi connectivity index (χ0) is 31.0. The maximum absolute atomic E-state index is 14.6. The molecule has 0 radical (unpaired) electrons. The summed E-state index contributed by atoms with van der Waals surface area (Å²) in [5.74, 6) is 2.95. The molecule has 0 spiro atoms. The van der Waals surface area contributed by atoms with E-state index in [1.54, 1.807) is 6.08 Å². The zero-order valence-corrected chi connectivity index (χ0v) is 28.3. The van der Waals surface area contributed by atoms with Gasteiger partial charge in [0.1, 0.15) is 0 Å². The lowest BCUT2D eigenvalue weighted by Gasteiger charge is -2.58. The number of hydrogen-bond donors (Lipinski definition) is 2. The quantitative estimate of drug-likeness (QED) is 0.373. The Morgan fingerprint density at radius 3 is 2.14 bits per heavy atom. The summed E-state index contributed by atoms with van der Waals surface area (Å²) in [5.41, 5.74) is 2.85. The third-order valence-electron chi connectivity index (χ3n) is 13.7. The second-order valence-electron chi connectivity index (χ2n) is 17.9. The second-order valence-corrected chi connectivity index (χ2v) is 17.9. The van der Waals surface area contributed by atoms with Crippen molar-refractivity contribution in [3.05, 3.63) is 47.5 Å². The van der Waals surface area contributed by atoms with E-state index in [2.05, 4.69) is 96.4 Å². The number of carbonyl (C=O) groups excluding carboxylic acids is 2. The van der Waals surface area contributed by atoms with Gasteiger partial charge in [0, 0.05) is 17.4 Å². The van der Waals surface area contributed by atoms with E-state index in [0.29, 0.717) is 35.0 Å². The fourth-order valence-corrected chi connectivity index (χ4v) is 10.8. The lowest BCUT2D eigenvalue weighted by atomic mass is 9.48. The van der Waals surface area contributed by atoms with Crippen LogP contribution >= 0.6 is 0 Å². The largest absolute Gasteiger partial charge is 0.349 e. The minimum absolute atomic E-state index is 0.0352. The van der Waals surface area contributed by atoms with Crippen LogP contribution in [0.15, 0.2) is 36.4 Å². The first kappa shape index (κ1) is 30.9. The predicted molar refractivity (Wildman–Crippen MR) is 175 cm³/mol. The SMILES string of the molecule is CC(C)(C)c1ccc(C2(NC(=O)C3CC[C@H]4[C@@H]5CCC6NC(=O)C=C[C@]6(C)[C@@H]5CC[C@]34C)CCC(C(C)(C)C)CC2)cc1. The number of benzene rings is 1. The van der Waals surface area contributed by atoms with Gasteiger partial charge in [-0.1, -0.05) is 85.7 Å². The van der Waals surface area contributed by atoms with Crippen LogP contribution in [-0.2, 0) is 20.5 Å². The molecule has 1 aromatic rings. The van der Waals surface area contributed by atoms with E-state index >= 15 is 0 Å². The summed E-state index contributed by atoms with van der Waals surface area (Å²) in [4.78, 5) is 26.7. The molecule has 4 aliphatic carbocycles. The minimum Gasteiger partial charge on any atom is -0.349 e. The van der Waals surface area contributed by atoms with Crippen molar-refractivity contribution in [2.75, 3.05) is 0 Å². The second kappa shape index (κ2) is 10.5. The van der Waals surface area contributed by atoms with E-state index in [9.17, 15) is 9.59 Å². The van der Waals surface area contributed by atoms with Crippen LogP contribution in [0.5, 0.6) is 0 Å². The van der Waals surface area contributed by atoms with Crippen LogP contribution in [0, 0.1) is 45.8 Å². The molecule has 43 heavy (non-hydrogen) atoms. The average Bonchev–Trinajstić information content (AvgIpc) is 3.30. The molecule has 4 saturated carbocycles. The maximum Gasteiger partial charge on any atom is 0.243 e. The summed E-state index contributed by atoms with van der Waals surface area (Å²) >= 11 is 0. The first-order chi connectivity index (χ1) is 20.1. The van der Waals surface area contributed by atoms with Gasteiger partial charge in [0.25, 0.3) is 0 Å². The Kier molecular flexibility index (Phi) is 7.53. The number of hydrogen-bond acceptors (Lipinski definition) is 2. The summed E-state index contributed by atoms with van der Waals surface area (Å²) in [6.45, 7) is 18.8. The Labute approximate surface area is 261 Å². The van der Waals surface area contributed by atoms with Crippen LogP contribution in [0.4, 0.5) is 0 Å². The topological polar surface area (TPSA) is 58.2 Å². The molecule has 2 amide bonds. The zero-order valence-electron chi connectivity index (χ0n) is 28.3. The number of fused-ring (bicyclic) bond motifs is 5. The predicted octanol–water partition coefficient (Wildman–Crippen LogP) is 8.45. The van der Waals surface area contributed by atoms with Gasteiger partial charge in [-0.3, -0.25) is 9.59 Å². The highest BCUT2D eigenvalue weighted by Crippen LogP contribution is 2.65. The molecule has 2 N–H and O–H groups in total. The van der Waals surface area contributed by atoms with Gasteiger partial charge in [-0.2, -0.15) is 0 Å². The molecule has 5 aliphatic rings. The van der Waals surface area contributed by atoms with E-state index in [1.165, 1.54) is 17.5 Å². The Balaban J connectivity index is 1.24. The third-order valence-corrected chi connectivity index (χ3v) is 13.7. The standard InChI is InChI=1S/C39H58N2O2/c1-35(2,3)25-9-11-27(12-10-25)39(23-17-26(18-24-39)36(4,5)6)41-34(43)31-15-14-29-28-13-16-32-38(8,22-20-33(42)40-32)30(28)19-21-37(29,31)7/h9-12,20,22,26,28-32H,13-19,21,23-24H2,1-8H3,(H,40,42)(H,41,43)/t26?,28-,29-,30+,31?,32?,37-,38+,39?/m0/s1. The minimum atomic E-state index is -0.280. The molecule has 0 saturated heterocycles. The van der Waals surface area contributed by atoms with Gasteiger partial charge in [-0.05, 0) is 121 Å². The highest BCUT2D eigenvalue weighted by atomic mass is 16.2. The molecule has 4 nitrogen and oxygen atoms in total. The van der Waals surface area contributed by atoms with Gasteiger partial charge in [-0.25, -0.2) is 0 Å². The maximum atomic E-state index is 14.6. The number of amides is 2. The van der Waals surface area contributed by atoms with Gasteiger partial charge in [-0.15, -0.1) is 0 Å². The molecule has 1 aliphatic heterocycles. The molecule has 0 aromatic heterocycles.